The van der Waals surface area contributed by atoms with E-state index in [2.05, 4.69) is 97.1 Å². The Balaban J connectivity index is 1.12. The molecule has 0 bridgehead atoms. The largest absolute Gasteiger partial charge is 0.374 e. The predicted molar refractivity (Wildman–Crippen MR) is 209 cm³/mol. The standard InChI is InChI=1S/C48H46O6/c1-5-17-35(18-6-1)29-49-34-44-45(50-30-36-19-7-2-8-20-36)46(51-31-37-21-9-3-10-22-37)47(52-32-38-23-11-4-12-24-38)48(54-44)53-33-43-41-27-15-13-25-39(41)40-26-14-16-28-42(40)43/h1-28,43-48H,29-34H2/t44-,45-,46+,47-,48+/m1/s1. The summed E-state index contributed by atoms with van der Waals surface area (Å²) in [5.74, 6) is 0.0410. The molecule has 0 aromatic heterocycles. The first-order valence-corrected chi connectivity index (χ1v) is 18.8. The van der Waals surface area contributed by atoms with Crippen molar-refractivity contribution in [3.63, 3.8) is 0 Å². The molecule has 2 aliphatic rings. The molecule has 1 saturated heterocycles. The Morgan fingerprint density at radius 2 is 0.778 bits per heavy atom. The molecular formula is C48H46O6. The Morgan fingerprint density at radius 3 is 1.28 bits per heavy atom. The van der Waals surface area contributed by atoms with Crippen LogP contribution in [0.3, 0.4) is 0 Å². The smallest absolute Gasteiger partial charge is 0.186 e. The summed E-state index contributed by atoms with van der Waals surface area (Å²) in [6.45, 7) is 2.23. The van der Waals surface area contributed by atoms with Crippen molar-refractivity contribution in [2.75, 3.05) is 13.2 Å². The third-order valence-electron chi connectivity index (χ3n) is 10.2. The highest BCUT2D eigenvalue weighted by molar-refractivity contribution is 5.78. The zero-order valence-electron chi connectivity index (χ0n) is 30.3. The Labute approximate surface area is 318 Å². The van der Waals surface area contributed by atoms with Crippen molar-refractivity contribution >= 4 is 0 Å². The van der Waals surface area contributed by atoms with Crippen molar-refractivity contribution in [1.82, 2.24) is 0 Å². The second-order valence-corrected chi connectivity index (χ2v) is 13.9. The van der Waals surface area contributed by atoms with E-state index < -0.39 is 30.7 Å². The number of fused-ring (bicyclic) bond motifs is 3. The van der Waals surface area contributed by atoms with Gasteiger partial charge in [0.05, 0.1) is 39.6 Å². The van der Waals surface area contributed by atoms with Gasteiger partial charge >= 0.3 is 0 Å². The molecule has 0 unspecified atom stereocenters. The van der Waals surface area contributed by atoms with Crippen LogP contribution < -0.4 is 0 Å². The zero-order chi connectivity index (χ0) is 36.4. The average Bonchev–Trinajstić information content (AvgIpc) is 3.56. The first kappa shape index (κ1) is 36.1. The summed E-state index contributed by atoms with van der Waals surface area (Å²) in [7, 11) is 0. The number of benzene rings is 6. The number of hydrogen-bond donors (Lipinski definition) is 0. The number of hydrogen-bond acceptors (Lipinski definition) is 6. The maximum atomic E-state index is 6.97. The lowest BCUT2D eigenvalue weighted by molar-refractivity contribution is -0.328. The monoisotopic (exact) mass is 718 g/mol. The fraction of sp³-hybridized carbons (Fsp3) is 0.250. The second-order valence-electron chi connectivity index (χ2n) is 13.9. The third kappa shape index (κ3) is 8.72. The Morgan fingerprint density at radius 1 is 0.370 bits per heavy atom. The highest BCUT2D eigenvalue weighted by Gasteiger charge is 2.49. The molecule has 0 radical (unpaired) electrons. The van der Waals surface area contributed by atoms with E-state index in [4.69, 9.17) is 28.4 Å². The van der Waals surface area contributed by atoms with Gasteiger partial charge in [-0.15, -0.1) is 0 Å². The van der Waals surface area contributed by atoms with Crippen LogP contribution in [0.25, 0.3) is 11.1 Å². The van der Waals surface area contributed by atoms with Crippen LogP contribution in [0.1, 0.15) is 39.3 Å². The molecular weight excluding hydrogens is 673 g/mol. The summed E-state index contributed by atoms with van der Waals surface area (Å²) >= 11 is 0. The van der Waals surface area contributed by atoms with E-state index in [0.29, 0.717) is 33.0 Å². The van der Waals surface area contributed by atoms with Crippen molar-refractivity contribution in [2.45, 2.75) is 63.1 Å². The van der Waals surface area contributed by atoms with Gasteiger partial charge in [-0.05, 0) is 44.5 Å². The third-order valence-corrected chi connectivity index (χ3v) is 10.2. The second kappa shape index (κ2) is 17.9. The van der Waals surface area contributed by atoms with Crippen molar-refractivity contribution in [3.8, 4) is 11.1 Å². The zero-order valence-corrected chi connectivity index (χ0v) is 30.3. The molecule has 6 nitrogen and oxygen atoms in total. The number of rotatable bonds is 16. The van der Waals surface area contributed by atoms with Crippen LogP contribution in [0.4, 0.5) is 0 Å². The van der Waals surface area contributed by atoms with Crippen molar-refractivity contribution < 1.29 is 28.4 Å². The maximum absolute atomic E-state index is 6.97. The van der Waals surface area contributed by atoms with Gasteiger partial charge in [-0.1, -0.05) is 170 Å². The van der Waals surface area contributed by atoms with Crippen molar-refractivity contribution in [1.29, 1.82) is 0 Å². The molecule has 54 heavy (non-hydrogen) atoms. The molecule has 1 aliphatic heterocycles. The molecule has 274 valence electrons. The van der Waals surface area contributed by atoms with Crippen molar-refractivity contribution in [2.24, 2.45) is 0 Å². The van der Waals surface area contributed by atoms with Crippen LogP contribution in [-0.4, -0.2) is 43.9 Å². The Hall–Kier alpha value is -4.92. The Kier molecular flexibility index (Phi) is 12.0. The molecule has 0 amide bonds. The molecule has 1 fully saturated rings. The highest BCUT2D eigenvalue weighted by Crippen LogP contribution is 2.45. The predicted octanol–water partition coefficient (Wildman–Crippen LogP) is 9.51. The summed E-state index contributed by atoms with van der Waals surface area (Å²) in [4.78, 5) is 0. The van der Waals surface area contributed by atoms with Crippen LogP contribution >= 0.6 is 0 Å². The van der Waals surface area contributed by atoms with E-state index in [9.17, 15) is 0 Å². The van der Waals surface area contributed by atoms with Gasteiger partial charge in [-0.3, -0.25) is 0 Å². The summed E-state index contributed by atoms with van der Waals surface area (Å²) in [5.41, 5.74) is 9.24. The summed E-state index contributed by atoms with van der Waals surface area (Å²) in [6, 6.07) is 57.9. The SMILES string of the molecule is c1ccc(COC[C@H]2O[C@H](OCC3c4ccccc4-c4ccccc43)[C@H](OCc3ccccc3)[C@@H](OCc3ccccc3)[C@@H]2OCc2ccccc2)cc1. The van der Waals surface area contributed by atoms with E-state index in [1.165, 1.54) is 22.3 Å². The van der Waals surface area contributed by atoms with Gasteiger partial charge < -0.3 is 28.4 Å². The van der Waals surface area contributed by atoms with Gasteiger partial charge in [0, 0.05) is 5.92 Å². The van der Waals surface area contributed by atoms with Gasteiger partial charge in [0.15, 0.2) is 6.29 Å². The van der Waals surface area contributed by atoms with Gasteiger partial charge in [0.25, 0.3) is 0 Å². The topological polar surface area (TPSA) is 55.4 Å². The lowest BCUT2D eigenvalue weighted by Gasteiger charge is -2.46. The van der Waals surface area contributed by atoms with Gasteiger partial charge in [-0.2, -0.15) is 0 Å². The lowest BCUT2D eigenvalue weighted by Crippen LogP contribution is -2.62. The molecule has 0 N–H and O–H groups in total. The van der Waals surface area contributed by atoms with E-state index in [1.54, 1.807) is 0 Å². The summed E-state index contributed by atoms with van der Waals surface area (Å²) < 4.78 is 40.9. The first-order chi connectivity index (χ1) is 26.8. The summed E-state index contributed by atoms with van der Waals surface area (Å²) in [5, 5.41) is 0. The fourth-order valence-corrected chi connectivity index (χ4v) is 7.51. The van der Waals surface area contributed by atoms with Crippen LogP contribution in [0.5, 0.6) is 0 Å². The molecule has 6 aromatic rings. The molecule has 1 heterocycles. The first-order valence-electron chi connectivity index (χ1n) is 18.8. The minimum absolute atomic E-state index is 0.0410. The molecule has 8 rings (SSSR count). The van der Waals surface area contributed by atoms with Gasteiger partial charge in [0.2, 0.25) is 0 Å². The minimum atomic E-state index is -0.767. The number of ether oxygens (including phenoxy) is 6. The highest BCUT2D eigenvalue weighted by atomic mass is 16.7. The molecule has 0 saturated carbocycles. The normalized spacial score (nSPS) is 20.7. The maximum Gasteiger partial charge on any atom is 0.186 e. The minimum Gasteiger partial charge on any atom is -0.374 e. The lowest BCUT2D eigenvalue weighted by atomic mass is 9.96. The molecule has 0 spiro atoms. The molecule has 6 heteroatoms. The van der Waals surface area contributed by atoms with Crippen molar-refractivity contribution in [3.05, 3.63) is 203 Å². The molecule has 5 atom stereocenters. The quantitative estimate of drug-likeness (QED) is 0.0994. The average molecular weight is 719 g/mol. The van der Waals surface area contributed by atoms with Gasteiger partial charge in [0.1, 0.15) is 24.4 Å². The van der Waals surface area contributed by atoms with Crippen LogP contribution in [0, 0.1) is 0 Å². The molecule has 1 aliphatic carbocycles. The van der Waals surface area contributed by atoms with Crippen LogP contribution in [0.2, 0.25) is 0 Å². The van der Waals surface area contributed by atoms with E-state index >= 15 is 0 Å². The van der Waals surface area contributed by atoms with Crippen LogP contribution in [0.15, 0.2) is 170 Å². The van der Waals surface area contributed by atoms with E-state index in [1.807, 2.05) is 72.8 Å². The molecule has 6 aromatic carbocycles. The fourth-order valence-electron chi connectivity index (χ4n) is 7.51. The van der Waals surface area contributed by atoms with Gasteiger partial charge in [-0.25, -0.2) is 0 Å². The Bertz CT molecular complexity index is 1980. The summed E-state index contributed by atoms with van der Waals surface area (Å²) in [6.07, 6.45) is -2.98. The van der Waals surface area contributed by atoms with Crippen LogP contribution in [-0.2, 0) is 54.8 Å². The van der Waals surface area contributed by atoms with E-state index in [0.717, 1.165) is 22.3 Å². The van der Waals surface area contributed by atoms with E-state index in [-0.39, 0.29) is 12.5 Å².